The van der Waals surface area contributed by atoms with E-state index in [2.05, 4.69) is 5.32 Å². The molecule has 0 unspecified atom stereocenters. The smallest absolute Gasteiger partial charge is 0.217 e. The van der Waals surface area contributed by atoms with Gasteiger partial charge in [0.05, 0.1) is 0 Å². The second-order valence-corrected chi connectivity index (χ2v) is 2.33. The highest BCUT2D eigenvalue weighted by atomic mass is 16.1. The molecule has 1 rings (SSSR count). The summed E-state index contributed by atoms with van der Waals surface area (Å²) in [6.07, 6.45) is 3.64. The van der Waals surface area contributed by atoms with Crippen LogP contribution in [-0.4, -0.2) is 11.9 Å². The Morgan fingerprint density at radius 2 is 1.90 bits per heavy atom. The predicted octanol–water partition coefficient (Wildman–Crippen LogP) is 1.70. The summed E-state index contributed by atoms with van der Waals surface area (Å²) in [7, 11) is 0. The second kappa shape index (κ2) is 5.27. The van der Waals surface area contributed by atoms with E-state index in [4.69, 9.17) is 0 Å². The Balaban J connectivity index is 0.000000371. The minimum absolute atomic E-state index is 0.106. The van der Waals surface area contributed by atoms with Gasteiger partial charge in [-0.05, 0) is 19.3 Å². The monoisotopic (exact) mass is 143 g/mol. The molecule has 0 bridgehead atoms. The van der Waals surface area contributed by atoms with Crippen LogP contribution in [0, 0.1) is 0 Å². The first-order chi connectivity index (χ1) is 4.79. The first-order valence-corrected chi connectivity index (χ1v) is 4.06. The average molecular weight is 143 g/mol. The second-order valence-electron chi connectivity index (χ2n) is 2.33. The number of rotatable bonds is 1. The molecule has 0 heterocycles. The summed E-state index contributed by atoms with van der Waals surface area (Å²) in [6, 6.07) is 0.507. The fourth-order valence-electron chi connectivity index (χ4n) is 0.840. The Kier molecular flexibility index (Phi) is 4.99. The van der Waals surface area contributed by atoms with Crippen LogP contribution in [0.15, 0.2) is 0 Å². The maximum absolute atomic E-state index is 10.3. The van der Waals surface area contributed by atoms with E-state index < -0.39 is 0 Å². The standard InChI is InChI=1S/C6H11NO.C2H6/c1-5(8)7-6-3-2-4-6;1-2/h6H,2-4H2,1H3,(H,7,8);1-2H3. The number of amides is 1. The predicted molar refractivity (Wildman–Crippen MR) is 42.8 cm³/mol. The molecule has 0 aliphatic heterocycles. The van der Waals surface area contributed by atoms with Crippen LogP contribution >= 0.6 is 0 Å². The van der Waals surface area contributed by atoms with Crippen molar-refractivity contribution in [1.82, 2.24) is 5.32 Å². The van der Waals surface area contributed by atoms with E-state index in [9.17, 15) is 4.79 Å². The average Bonchev–Trinajstić information content (AvgIpc) is 1.84. The molecule has 1 aliphatic rings. The van der Waals surface area contributed by atoms with E-state index in [0.717, 1.165) is 0 Å². The van der Waals surface area contributed by atoms with E-state index in [1.807, 2.05) is 13.8 Å². The number of carbonyl (C=O) groups is 1. The van der Waals surface area contributed by atoms with E-state index in [1.54, 1.807) is 6.92 Å². The van der Waals surface area contributed by atoms with Gasteiger partial charge in [-0.1, -0.05) is 13.8 Å². The van der Waals surface area contributed by atoms with E-state index in [1.165, 1.54) is 19.3 Å². The molecular formula is C8H17NO. The molecular weight excluding hydrogens is 126 g/mol. The fraction of sp³-hybridized carbons (Fsp3) is 0.875. The van der Waals surface area contributed by atoms with Crippen LogP contribution < -0.4 is 5.32 Å². The Morgan fingerprint density at radius 1 is 1.40 bits per heavy atom. The third-order valence-corrected chi connectivity index (χ3v) is 1.51. The van der Waals surface area contributed by atoms with Crippen molar-refractivity contribution < 1.29 is 4.79 Å². The van der Waals surface area contributed by atoms with Crippen molar-refractivity contribution in [3.63, 3.8) is 0 Å². The van der Waals surface area contributed by atoms with Crippen molar-refractivity contribution >= 4 is 5.91 Å². The van der Waals surface area contributed by atoms with Gasteiger partial charge in [-0.25, -0.2) is 0 Å². The van der Waals surface area contributed by atoms with Crippen LogP contribution in [0.2, 0.25) is 0 Å². The first kappa shape index (κ1) is 9.47. The first-order valence-electron chi connectivity index (χ1n) is 4.06. The fourth-order valence-corrected chi connectivity index (χ4v) is 0.840. The van der Waals surface area contributed by atoms with Crippen molar-refractivity contribution in [2.24, 2.45) is 0 Å². The van der Waals surface area contributed by atoms with Gasteiger partial charge in [-0.2, -0.15) is 0 Å². The summed E-state index contributed by atoms with van der Waals surface area (Å²) < 4.78 is 0. The van der Waals surface area contributed by atoms with Gasteiger partial charge >= 0.3 is 0 Å². The highest BCUT2D eigenvalue weighted by Gasteiger charge is 2.16. The van der Waals surface area contributed by atoms with Gasteiger partial charge in [0.15, 0.2) is 0 Å². The van der Waals surface area contributed by atoms with Gasteiger partial charge in [-0.3, -0.25) is 4.79 Å². The van der Waals surface area contributed by atoms with Gasteiger partial charge in [-0.15, -0.1) is 0 Å². The third kappa shape index (κ3) is 3.49. The highest BCUT2D eigenvalue weighted by molar-refractivity contribution is 5.73. The van der Waals surface area contributed by atoms with E-state index in [-0.39, 0.29) is 5.91 Å². The van der Waals surface area contributed by atoms with Gasteiger partial charge in [0, 0.05) is 13.0 Å². The number of hydrogen-bond acceptors (Lipinski definition) is 1. The molecule has 2 heteroatoms. The van der Waals surface area contributed by atoms with Crippen LogP contribution in [0.25, 0.3) is 0 Å². The molecule has 60 valence electrons. The number of carbonyl (C=O) groups excluding carboxylic acids is 1. The molecule has 1 N–H and O–H groups in total. The lowest BCUT2D eigenvalue weighted by Crippen LogP contribution is -2.37. The van der Waals surface area contributed by atoms with Gasteiger partial charge < -0.3 is 5.32 Å². The largest absolute Gasteiger partial charge is 0.354 e. The molecule has 1 amide bonds. The third-order valence-electron chi connectivity index (χ3n) is 1.51. The SMILES string of the molecule is CC.CC(=O)NC1CCC1. The quantitative estimate of drug-likeness (QED) is 0.594. The molecule has 1 aliphatic carbocycles. The summed E-state index contributed by atoms with van der Waals surface area (Å²) in [6.45, 7) is 5.57. The van der Waals surface area contributed by atoms with E-state index >= 15 is 0 Å². The summed E-state index contributed by atoms with van der Waals surface area (Å²) in [5.41, 5.74) is 0. The van der Waals surface area contributed by atoms with Crippen molar-refractivity contribution in [3.8, 4) is 0 Å². The molecule has 0 saturated heterocycles. The highest BCUT2D eigenvalue weighted by Crippen LogP contribution is 2.17. The van der Waals surface area contributed by atoms with Gasteiger partial charge in [0.25, 0.3) is 0 Å². The Morgan fingerprint density at radius 3 is 2.00 bits per heavy atom. The van der Waals surface area contributed by atoms with Crippen molar-refractivity contribution in [3.05, 3.63) is 0 Å². The lowest BCUT2D eigenvalue weighted by Gasteiger charge is -2.25. The molecule has 0 aromatic heterocycles. The molecule has 1 saturated carbocycles. The lowest BCUT2D eigenvalue weighted by molar-refractivity contribution is -0.120. The Labute approximate surface area is 63.0 Å². The minimum atomic E-state index is 0.106. The zero-order valence-electron chi connectivity index (χ0n) is 7.11. The summed E-state index contributed by atoms with van der Waals surface area (Å²) in [5, 5.41) is 2.84. The van der Waals surface area contributed by atoms with E-state index in [0.29, 0.717) is 6.04 Å². The van der Waals surface area contributed by atoms with Crippen molar-refractivity contribution in [2.75, 3.05) is 0 Å². The number of nitrogens with one attached hydrogen (secondary N) is 1. The zero-order valence-corrected chi connectivity index (χ0v) is 7.11. The molecule has 0 atom stereocenters. The molecule has 0 spiro atoms. The normalized spacial score (nSPS) is 16.3. The molecule has 0 aromatic rings. The minimum Gasteiger partial charge on any atom is -0.354 e. The topological polar surface area (TPSA) is 29.1 Å². The van der Waals surface area contributed by atoms with Gasteiger partial charge in [0.2, 0.25) is 5.91 Å². The summed E-state index contributed by atoms with van der Waals surface area (Å²) in [5.74, 6) is 0.106. The molecule has 10 heavy (non-hydrogen) atoms. The molecule has 2 nitrogen and oxygen atoms in total. The van der Waals surface area contributed by atoms with Gasteiger partial charge in [0.1, 0.15) is 0 Å². The Hall–Kier alpha value is -0.530. The number of hydrogen-bond donors (Lipinski definition) is 1. The van der Waals surface area contributed by atoms with Crippen LogP contribution in [0.4, 0.5) is 0 Å². The van der Waals surface area contributed by atoms with Crippen molar-refractivity contribution in [1.29, 1.82) is 0 Å². The zero-order chi connectivity index (χ0) is 7.98. The Bertz CT molecular complexity index is 97.4. The van der Waals surface area contributed by atoms with Crippen LogP contribution in [0.1, 0.15) is 40.0 Å². The molecule has 0 radical (unpaired) electrons. The molecule has 1 fully saturated rings. The maximum atomic E-state index is 10.3. The summed E-state index contributed by atoms with van der Waals surface area (Å²) in [4.78, 5) is 10.3. The summed E-state index contributed by atoms with van der Waals surface area (Å²) >= 11 is 0. The maximum Gasteiger partial charge on any atom is 0.217 e. The van der Waals surface area contributed by atoms with Crippen LogP contribution in [0.5, 0.6) is 0 Å². The molecule has 0 aromatic carbocycles. The lowest BCUT2D eigenvalue weighted by atomic mass is 9.93. The van der Waals surface area contributed by atoms with Crippen molar-refractivity contribution in [2.45, 2.75) is 46.1 Å². The van der Waals surface area contributed by atoms with Crippen LogP contribution in [-0.2, 0) is 4.79 Å². The van der Waals surface area contributed by atoms with Crippen LogP contribution in [0.3, 0.4) is 0 Å².